The van der Waals surface area contributed by atoms with Gasteiger partial charge in [-0.05, 0) is 31.5 Å². The highest BCUT2D eigenvalue weighted by Crippen LogP contribution is 2.80. The van der Waals surface area contributed by atoms with Crippen LogP contribution in [-0.4, -0.2) is 135 Å². The Hall–Kier alpha value is -2.16. The van der Waals surface area contributed by atoms with Gasteiger partial charge in [0.2, 0.25) is 0 Å². The summed E-state index contributed by atoms with van der Waals surface area (Å²) in [7, 11) is 8.20. The van der Waals surface area contributed by atoms with Gasteiger partial charge in [0, 0.05) is 83.0 Å². The van der Waals surface area contributed by atoms with Crippen molar-refractivity contribution in [2.24, 2.45) is 34.5 Å². The number of aliphatic hydroxyl groups is 3. The number of carbonyl (C=O) groups is 2. The van der Waals surface area contributed by atoms with Crippen LogP contribution in [0.5, 0.6) is 0 Å². The average molecular weight is 632 g/mol. The van der Waals surface area contributed by atoms with Crippen LogP contribution in [0.2, 0.25) is 0 Å². The first-order chi connectivity index (χ1) is 21.4. The molecule has 1 spiro atoms. The Morgan fingerprint density at radius 1 is 1.00 bits per heavy atom. The summed E-state index contributed by atoms with van der Waals surface area (Å²) in [4.78, 5) is 29.1. The van der Waals surface area contributed by atoms with E-state index in [1.807, 2.05) is 7.05 Å². The number of esters is 2. The van der Waals surface area contributed by atoms with Gasteiger partial charge in [0.1, 0.15) is 23.9 Å². The molecule has 1 aromatic carbocycles. The van der Waals surface area contributed by atoms with Gasteiger partial charge in [-0.15, -0.1) is 0 Å². The smallest absolute Gasteiger partial charge is 0.338 e. The third-order valence-corrected chi connectivity index (χ3v) is 12.9. The molecule has 6 aliphatic rings. The van der Waals surface area contributed by atoms with E-state index in [1.165, 1.54) is 14.0 Å². The summed E-state index contributed by atoms with van der Waals surface area (Å²) in [6.07, 6.45) is -5.50. The zero-order valence-electron chi connectivity index (χ0n) is 26.6. The number of hydrogen-bond donors (Lipinski definition) is 3. The topological polar surface area (TPSA) is 153 Å². The summed E-state index contributed by atoms with van der Waals surface area (Å²) in [6.45, 7) is 2.00. The fourth-order valence-electron chi connectivity index (χ4n) is 12.2. The number of carbonyl (C=O) groups excluding carboxylic acids is 2. The monoisotopic (exact) mass is 631 g/mol. The van der Waals surface area contributed by atoms with Crippen molar-refractivity contribution >= 4 is 11.9 Å². The second-order valence-corrected chi connectivity index (χ2v) is 14.3. The number of piperidine rings is 1. The molecule has 12 heteroatoms. The minimum absolute atomic E-state index is 0.0754. The number of fused-ring (bicyclic) bond motifs is 2. The van der Waals surface area contributed by atoms with Crippen molar-refractivity contribution in [1.29, 1.82) is 0 Å². The summed E-state index contributed by atoms with van der Waals surface area (Å²) in [5, 5.41) is 37.0. The molecule has 248 valence electrons. The van der Waals surface area contributed by atoms with E-state index in [0.717, 1.165) is 0 Å². The molecule has 0 amide bonds. The Balaban J connectivity index is 1.52. The van der Waals surface area contributed by atoms with Crippen molar-refractivity contribution in [1.82, 2.24) is 4.90 Å². The van der Waals surface area contributed by atoms with E-state index in [9.17, 15) is 24.9 Å². The van der Waals surface area contributed by atoms with Gasteiger partial charge in [0.15, 0.2) is 5.60 Å². The largest absolute Gasteiger partial charge is 0.455 e. The zero-order valence-corrected chi connectivity index (χ0v) is 26.6. The molecular formula is C33H45NO11. The lowest BCUT2D eigenvalue weighted by Crippen LogP contribution is -2.81. The van der Waals surface area contributed by atoms with Crippen molar-refractivity contribution in [3.8, 4) is 0 Å². The Morgan fingerprint density at radius 2 is 1.71 bits per heavy atom. The summed E-state index contributed by atoms with van der Waals surface area (Å²) in [6, 6.07) is 8.15. The lowest BCUT2D eigenvalue weighted by molar-refractivity contribution is -0.321. The van der Waals surface area contributed by atoms with Gasteiger partial charge in [-0.3, -0.25) is 4.79 Å². The molecule has 1 saturated heterocycles. The van der Waals surface area contributed by atoms with E-state index >= 15 is 0 Å². The molecule has 6 fully saturated rings. The van der Waals surface area contributed by atoms with Crippen LogP contribution in [0.1, 0.15) is 30.1 Å². The van der Waals surface area contributed by atoms with Gasteiger partial charge >= 0.3 is 11.9 Å². The van der Waals surface area contributed by atoms with Gasteiger partial charge < -0.3 is 48.6 Å². The third kappa shape index (κ3) is 3.55. The predicted octanol–water partition coefficient (Wildman–Crippen LogP) is 0.258. The lowest BCUT2D eigenvalue weighted by Gasteiger charge is -2.70. The lowest BCUT2D eigenvalue weighted by atomic mass is 9.42. The van der Waals surface area contributed by atoms with Crippen LogP contribution in [0.25, 0.3) is 0 Å². The highest BCUT2D eigenvalue weighted by atomic mass is 16.6. The van der Waals surface area contributed by atoms with E-state index in [-0.39, 0.29) is 25.0 Å². The molecule has 0 unspecified atom stereocenters. The van der Waals surface area contributed by atoms with Gasteiger partial charge in [-0.2, -0.15) is 0 Å². The number of hydrogen-bond acceptors (Lipinski definition) is 12. The van der Waals surface area contributed by atoms with Crippen molar-refractivity contribution in [2.75, 3.05) is 48.6 Å². The molecular weight excluding hydrogens is 586 g/mol. The molecule has 1 aromatic rings. The standard InChI is InChI=1S/C33H45NO11/c1-16(35)45-33-21-18(13-31(39,28(43-6)26(33)37)27(21)44-29(38)17-10-8-7-9-11-17)32-20(41-4)12-19(36)30(15-40-3)14-34(2)25(32)22(33)23(42-5)24(30)32/h7-11,18-28,36-37,39H,12-15H2,1-6H3/t18-,19-,20+,21-,22-,23+,24-,25-,26+,27-,28+,30+,31+,32+,33-/m1/s1. The fourth-order valence-corrected chi connectivity index (χ4v) is 12.2. The zero-order chi connectivity index (χ0) is 32.3. The van der Waals surface area contributed by atoms with Crippen molar-refractivity contribution in [2.45, 2.75) is 73.6 Å². The first kappa shape index (κ1) is 31.4. The molecule has 7 rings (SSSR count). The minimum atomic E-state index is -1.83. The molecule has 5 saturated carbocycles. The second kappa shape index (κ2) is 10.4. The summed E-state index contributed by atoms with van der Waals surface area (Å²) in [5.41, 5.74) is -4.79. The highest BCUT2D eigenvalue weighted by molar-refractivity contribution is 5.89. The van der Waals surface area contributed by atoms with Crippen molar-refractivity contribution < 1.29 is 53.3 Å². The van der Waals surface area contributed by atoms with Crippen LogP contribution in [0.4, 0.5) is 0 Å². The number of likely N-dealkylation sites (tertiary alicyclic amines) is 1. The first-order valence-electron chi connectivity index (χ1n) is 15.8. The molecule has 1 aliphatic heterocycles. The van der Waals surface area contributed by atoms with E-state index in [0.29, 0.717) is 18.5 Å². The maximum atomic E-state index is 13.7. The number of benzene rings is 1. The van der Waals surface area contributed by atoms with Crippen LogP contribution in [0.3, 0.4) is 0 Å². The predicted molar refractivity (Wildman–Crippen MR) is 156 cm³/mol. The summed E-state index contributed by atoms with van der Waals surface area (Å²) < 4.78 is 37.2. The molecule has 0 radical (unpaired) electrons. The van der Waals surface area contributed by atoms with E-state index in [4.69, 9.17) is 28.4 Å². The number of ether oxygens (including phenoxy) is 6. The van der Waals surface area contributed by atoms with Crippen LogP contribution in [0, 0.1) is 34.5 Å². The van der Waals surface area contributed by atoms with Crippen molar-refractivity contribution in [3.05, 3.63) is 35.9 Å². The van der Waals surface area contributed by atoms with E-state index < -0.39 is 88.3 Å². The van der Waals surface area contributed by atoms with Crippen molar-refractivity contribution in [3.63, 3.8) is 0 Å². The van der Waals surface area contributed by atoms with Gasteiger partial charge in [-0.25, -0.2) is 4.79 Å². The minimum Gasteiger partial charge on any atom is -0.455 e. The first-order valence-corrected chi connectivity index (χ1v) is 15.8. The Bertz CT molecular complexity index is 1350. The molecule has 7 bridgehead atoms. The highest BCUT2D eigenvalue weighted by Gasteiger charge is 2.92. The van der Waals surface area contributed by atoms with Crippen LogP contribution in [-0.2, 0) is 33.2 Å². The quantitative estimate of drug-likeness (QED) is 0.337. The van der Waals surface area contributed by atoms with Gasteiger partial charge in [-0.1, -0.05) is 18.2 Å². The molecule has 15 atom stereocenters. The molecule has 45 heavy (non-hydrogen) atoms. The van der Waals surface area contributed by atoms with Crippen LogP contribution >= 0.6 is 0 Å². The number of aliphatic hydroxyl groups excluding tert-OH is 2. The molecule has 3 N–H and O–H groups in total. The number of nitrogens with zero attached hydrogens (tertiary/aromatic N) is 1. The average Bonchev–Trinajstić information content (AvgIpc) is 3.40. The third-order valence-electron chi connectivity index (χ3n) is 12.9. The maximum absolute atomic E-state index is 13.7. The van der Waals surface area contributed by atoms with Gasteiger partial charge in [0.05, 0.1) is 30.5 Å². The molecule has 1 heterocycles. The van der Waals surface area contributed by atoms with Crippen LogP contribution in [0.15, 0.2) is 30.3 Å². The van der Waals surface area contributed by atoms with Crippen LogP contribution < -0.4 is 0 Å². The summed E-state index contributed by atoms with van der Waals surface area (Å²) in [5.74, 6) is -3.66. The number of methoxy groups -OCH3 is 4. The Labute approximate surface area is 262 Å². The maximum Gasteiger partial charge on any atom is 0.338 e. The fraction of sp³-hybridized carbons (Fsp3) is 0.758. The van der Waals surface area contributed by atoms with E-state index in [2.05, 4.69) is 4.90 Å². The second-order valence-electron chi connectivity index (χ2n) is 14.3. The number of rotatable bonds is 8. The van der Waals surface area contributed by atoms with Gasteiger partial charge in [0.25, 0.3) is 0 Å². The van der Waals surface area contributed by atoms with E-state index in [1.54, 1.807) is 51.7 Å². The molecule has 0 aromatic heterocycles. The Morgan fingerprint density at radius 3 is 2.31 bits per heavy atom. The molecule has 5 aliphatic carbocycles. The summed E-state index contributed by atoms with van der Waals surface area (Å²) >= 11 is 0. The SMILES string of the molecule is COC[C@]12CN(C)[C@@H]3[C@H]4[C@H](OC)[C@H]1[C@@]3([C@@H](OC)C[C@H]2O)[C@@H]1C[C@]2(O)[C@H](OC(=O)c3ccccc3)[C@@H]1[C@]4(OC(C)=O)[C@@H](O)[C@@H]2OC. The normalized spacial score (nSPS) is 50.7. The Kier molecular flexibility index (Phi) is 7.28. The molecule has 12 nitrogen and oxygen atoms in total.